The summed E-state index contributed by atoms with van der Waals surface area (Å²) in [5, 5.41) is 22.8. The van der Waals surface area contributed by atoms with Crippen LogP contribution < -0.4 is 5.32 Å². The summed E-state index contributed by atoms with van der Waals surface area (Å²) in [6.07, 6.45) is 3.90. The molecule has 0 spiro atoms. The van der Waals surface area contributed by atoms with Crippen molar-refractivity contribution in [3.63, 3.8) is 0 Å². The fraction of sp³-hybridized carbons (Fsp3) is 0.429. The zero-order valence-electron chi connectivity index (χ0n) is 7.46. The first-order valence-electron chi connectivity index (χ1n) is 4.28. The van der Waals surface area contributed by atoms with E-state index >= 15 is 0 Å². The van der Waals surface area contributed by atoms with Crippen molar-refractivity contribution in [2.45, 2.75) is 6.42 Å². The highest BCUT2D eigenvalue weighted by atomic mass is 16.3. The van der Waals surface area contributed by atoms with Crippen LogP contribution in [0.1, 0.15) is 6.42 Å². The Morgan fingerprint density at radius 1 is 1.43 bits per heavy atom. The number of aromatic nitrogens is 5. The Bertz CT molecular complexity index is 413. The fourth-order valence-electron chi connectivity index (χ4n) is 1.09. The molecular formula is C7H10N6O. The lowest BCUT2D eigenvalue weighted by molar-refractivity contribution is 0.292. The molecule has 0 aliphatic heterocycles. The highest BCUT2D eigenvalue weighted by Crippen LogP contribution is 2.04. The maximum absolute atomic E-state index is 8.61. The van der Waals surface area contributed by atoms with Gasteiger partial charge in [-0.1, -0.05) is 0 Å². The number of fused-ring (bicyclic) bond motifs is 1. The van der Waals surface area contributed by atoms with E-state index in [1.165, 1.54) is 0 Å². The molecule has 0 aliphatic rings. The molecule has 7 heteroatoms. The van der Waals surface area contributed by atoms with Crippen molar-refractivity contribution >= 4 is 11.5 Å². The highest BCUT2D eigenvalue weighted by Gasteiger charge is 2.01. The lowest BCUT2D eigenvalue weighted by atomic mass is 10.4. The molecule has 7 nitrogen and oxygen atoms in total. The summed E-state index contributed by atoms with van der Waals surface area (Å²) in [7, 11) is 0. The van der Waals surface area contributed by atoms with Crippen molar-refractivity contribution in [2.24, 2.45) is 0 Å². The maximum atomic E-state index is 8.61. The molecule has 0 saturated heterocycles. The Kier molecular flexibility index (Phi) is 2.50. The number of anilines is 1. The van der Waals surface area contributed by atoms with Gasteiger partial charge in [-0.05, 0) is 16.8 Å². The standard InChI is InChI=1S/C7H10N6O/c14-3-1-2-9-6-4-8-5-7-10-11-12-13(6)7/h4-5,9,14H,1-3H2. The molecule has 2 aromatic heterocycles. The number of rotatable bonds is 4. The summed E-state index contributed by atoms with van der Waals surface area (Å²) in [5.41, 5.74) is 0.596. The number of tetrazole rings is 1. The summed E-state index contributed by atoms with van der Waals surface area (Å²) in [4.78, 5) is 3.98. The zero-order valence-corrected chi connectivity index (χ0v) is 7.46. The van der Waals surface area contributed by atoms with Crippen LogP contribution in [0, 0.1) is 0 Å². The van der Waals surface area contributed by atoms with Crippen LogP contribution in [0.25, 0.3) is 5.65 Å². The Labute approximate surface area is 79.8 Å². The van der Waals surface area contributed by atoms with Crippen molar-refractivity contribution in [1.82, 2.24) is 25.0 Å². The molecule has 0 aliphatic carbocycles. The average Bonchev–Trinajstić information content (AvgIpc) is 2.67. The average molecular weight is 194 g/mol. The van der Waals surface area contributed by atoms with Crippen molar-refractivity contribution in [2.75, 3.05) is 18.5 Å². The van der Waals surface area contributed by atoms with Crippen LogP contribution in [-0.4, -0.2) is 43.3 Å². The first-order valence-corrected chi connectivity index (χ1v) is 4.28. The second-order valence-electron chi connectivity index (χ2n) is 2.75. The normalized spacial score (nSPS) is 10.6. The summed E-state index contributed by atoms with van der Waals surface area (Å²) in [6.45, 7) is 0.823. The van der Waals surface area contributed by atoms with Gasteiger partial charge >= 0.3 is 0 Å². The first kappa shape index (κ1) is 8.82. The van der Waals surface area contributed by atoms with Crippen LogP contribution in [0.3, 0.4) is 0 Å². The minimum atomic E-state index is 0.159. The zero-order chi connectivity index (χ0) is 9.80. The Balaban J connectivity index is 2.19. The minimum Gasteiger partial charge on any atom is -0.396 e. The molecule has 2 heterocycles. The van der Waals surface area contributed by atoms with E-state index in [0.29, 0.717) is 18.6 Å². The molecule has 0 atom stereocenters. The molecule has 2 aromatic rings. The third-order valence-electron chi connectivity index (χ3n) is 1.75. The summed E-state index contributed by atoms with van der Waals surface area (Å²) in [5.74, 6) is 0.723. The van der Waals surface area contributed by atoms with Gasteiger partial charge < -0.3 is 10.4 Å². The topological polar surface area (TPSA) is 88.2 Å². The molecule has 2 N–H and O–H groups in total. The third-order valence-corrected chi connectivity index (χ3v) is 1.75. The third kappa shape index (κ3) is 1.62. The van der Waals surface area contributed by atoms with E-state index in [9.17, 15) is 0 Å². The molecule has 0 amide bonds. The molecule has 2 rings (SSSR count). The van der Waals surface area contributed by atoms with Crippen LogP contribution in [0.5, 0.6) is 0 Å². The Morgan fingerprint density at radius 2 is 2.36 bits per heavy atom. The summed E-state index contributed by atoms with van der Waals surface area (Å²) in [6, 6.07) is 0. The quantitative estimate of drug-likeness (QED) is 0.626. The van der Waals surface area contributed by atoms with Gasteiger partial charge in [0.25, 0.3) is 0 Å². The number of aliphatic hydroxyl groups excluding tert-OH is 1. The number of aliphatic hydroxyl groups is 1. The van der Waals surface area contributed by atoms with Gasteiger partial charge in [-0.25, -0.2) is 0 Å². The molecule has 0 radical (unpaired) electrons. The lowest BCUT2D eigenvalue weighted by Crippen LogP contribution is -2.08. The van der Waals surface area contributed by atoms with Gasteiger partial charge in [0.05, 0.1) is 12.4 Å². The monoisotopic (exact) mass is 194 g/mol. The van der Waals surface area contributed by atoms with Gasteiger partial charge in [0.15, 0.2) is 5.65 Å². The van der Waals surface area contributed by atoms with Crippen molar-refractivity contribution in [1.29, 1.82) is 0 Å². The van der Waals surface area contributed by atoms with Gasteiger partial charge in [-0.15, -0.1) is 5.10 Å². The summed E-state index contributed by atoms with van der Waals surface area (Å²) >= 11 is 0. The van der Waals surface area contributed by atoms with E-state index in [4.69, 9.17) is 5.11 Å². The van der Waals surface area contributed by atoms with Crippen LogP contribution in [0.15, 0.2) is 12.4 Å². The Morgan fingerprint density at radius 3 is 3.21 bits per heavy atom. The molecule has 0 aromatic carbocycles. The van der Waals surface area contributed by atoms with E-state index in [1.807, 2.05) is 0 Å². The van der Waals surface area contributed by atoms with Crippen LogP contribution in [0.2, 0.25) is 0 Å². The first-order chi connectivity index (χ1) is 6.92. The number of hydrogen-bond donors (Lipinski definition) is 2. The molecular weight excluding hydrogens is 184 g/mol. The van der Waals surface area contributed by atoms with Crippen LogP contribution in [-0.2, 0) is 0 Å². The maximum Gasteiger partial charge on any atom is 0.199 e. The van der Waals surface area contributed by atoms with Crippen LogP contribution in [0.4, 0.5) is 5.82 Å². The van der Waals surface area contributed by atoms with Crippen molar-refractivity contribution in [3.8, 4) is 0 Å². The predicted octanol–water partition coefficient (Wildman–Crippen LogP) is -0.686. The van der Waals surface area contributed by atoms with Gasteiger partial charge in [0.2, 0.25) is 0 Å². The number of hydrogen-bond acceptors (Lipinski definition) is 6. The largest absolute Gasteiger partial charge is 0.396 e. The second-order valence-corrected chi connectivity index (χ2v) is 2.75. The predicted molar refractivity (Wildman–Crippen MR) is 48.8 cm³/mol. The number of nitrogens with one attached hydrogen (secondary N) is 1. The van der Waals surface area contributed by atoms with E-state index in [2.05, 4.69) is 25.8 Å². The Hall–Kier alpha value is -1.76. The van der Waals surface area contributed by atoms with Gasteiger partial charge in [-0.3, -0.25) is 4.98 Å². The number of nitrogens with zero attached hydrogens (tertiary/aromatic N) is 5. The van der Waals surface area contributed by atoms with E-state index < -0.39 is 0 Å². The highest BCUT2D eigenvalue weighted by molar-refractivity contribution is 5.43. The van der Waals surface area contributed by atoms with Crippen molar-refractivity contribution in [3.05, 3.63) is 12.4 Å². The second kappa shape index (κ2) is 3.97. The van der Waals surface area contributed by atoms with E-state index in [1.54, 1.807) is 16.9 Å². The summed E-state index contributed by atoms with van der Waals surface area (Å²) < 4.78 is 1.56. The van der Waals surface area contributed by atoms with Gasteiger partial charge in [-0.2, -0.15) is 4.52 Å². The molecule has 0 bridgehead atoms. The lowest BCUT2D eigenvalue weighted by Gasteiger charge is -2.04. The molecule has 14 heavy (non-hydrogen) atoms. The fourth-order valence-corrected chi connectivity index (χ4v) is 1.09. The molecule has 0 fully saturated rings. The van der Waals surface area contributed by atoms with E-state index in [-0.39, 0.29) is 6.61 Å². The smallest absolute Gasteiger partial charge is 0.199 e. The molecule has 74 valence electrons. The van der Waals surface area contributed by atoms with Gasteiger partial charge in [0, 0.05) is 13.2 Å². The molecule has 0 saturated carbocycles. The van der Waals surface area contributed by atoms with Gasteiger partial charge in [0.1, 0.15) is 5.82 Å². The van der Waals surface area contributed by atoms with Crippen molar-refractivity contribution < 1.29 is 5.11 Å². The minimum absolute atomic E-state index is 0.159. The SMILES string of the molecule is OCCCNc1cncc2nnnn12. The van der Waals surface area contributed by atoms with Crippen LogP contribution >= 0.6 is 0 Å². The molecule has 0 unspecified atom stereocenters. The van der Waals surface area contributed by atoms with E-state index in [0.717, 1.165) is 5.82 Å².